The van der Waals surface area contributed by atoms with Crippen molar-refractivity contribution in [2.75, 3.05) is 5.32 Å². The molecule has 0 spiro atoms. The predicted octanol–water partition coefficient (Wildman–Crippen LogP) is 2.13. The predicted molar refractivity (Wildman–Crippen MR) is 87.4 cm³/mol. The van der Waals surface area contributed by atoms with Crippen LogP contribution in [0.3, 0.4) is 0 Å². The van der Waals surface area contributed by atoms with E-state index in [0.717, 1.165) is 30.6 Å². The number of aryl methyl sites for hydroxylation is 2. The monoisotopic (exact) mass is 312 g/mol. The van der Waals surface area contributed by atoms with Crippen molar-refractivity contribution in [3.8, 4) is 0 Å². The van der Waals surface area contributed by atoms with Gasteiger partial charge in [-0.2, -0.15) is 5.10 Å². The molecule has 23 heavy (non-hydrogen) atoms. The summed E-state index contributed by atoms with van der Waals surface area (Å²) in [5.41, 5.74) is 8.71. The first-order valence-electron chi connectivity index (χ1n) is 7.72. The molecule has 6 heteroatoms. The largest absolute Gasteiger partial charge is 0.366 e. The second-order valence-electron chi connectivity index (χ2n) is 6.17. The number of amides is 2. The van der Waals surface area contributed by atoms with Crippen molar-refractivity contribution in [2.45, 2.75) is 33.2 Å². The van der Waals surface area contributed by atoms with Crippen LogP contribution >= 0.6 is 0 Å². The fraction of sp³-hybridized carbons (Fsp3) is 0.353. The van der Waals surface area contributed by atoms with Gasteiger partial charge in [0.2, 0.25) is 5.91 Å². The second kappa shape index (κ2) is 5.87. The topological polar surface area (TPSA) is 90.0 Å². The number of rotatable bonds is 3. The van der Waals surface area contributed by atoms with E-state index in [9.17, 15) is 9.59 Å². The number of benzene rings is 1. The number of hydrogen-bond donors (Lipinski definition) is 2. The van der Waals surface area contributed by atoms with Crippen molar-refractivity contribution in [1.82, 2.24) is 9.78 Å². The van der Waals surface area contributed by atoms with Crippen LogP contribution < -0.4 is 11.1 Å². The van der Waals surface area contributed by atoms with E-state index >= 15 is 0 Å². The van der Waals surface area contributed by atoms with E-state index in [-0.39, 0.29) is 5.91 Å². The van der Waals surface area contributed by atoms with Gasteiger partial charge in [0.25, 0.3) is 5.91 Å². The minimum absolute atomic E-state index is 0.204. The lowest BCUT2D eigenvalue weighted by molar-refractivity contribution is 0.0996. The second-order valence-corrected chi connectivity index (χ2v) is 6.17. The highest BCUT2D eigenvalue weighted by molar-refractivity contribution is 6.06. The van der Waals surface area contributed by atoms with Crippen molar-refractivity contribution in [3.05, 3.63) is 46.8 Å². The van der Waals surface area contributed by atoms with E-state index in [2.05, 4.69) is 17.3 Å². The number of nitrogens with one attached hydrogen (secondary N) is 1. The Morgan fingerprint density at radius 1 is 1.39 bits per heavy atom. The maximum absolute atomic E-state index is 12.6. The summed E-state index contributed by atoms with van der Waals surface area (Å²) in [6, 6.07) is 5.02. The number of carbonyl (C=O) groups excluding carboxylic acids is 2. The average Bonchev–Trinajstić information content (AvgIpc) is 2.92. The molecular formula is C17H20N4O2. The number of fused-ring (bicyclic) bond motifs is 1. The number of primary amides is 1. The molecule has 0 saturated carbocycles. The van der Waals surface area contributed by atoms with Gasteiger partial charge in [-0.15, -0.1) is 0 Å². The lowest BCUT2D eigenvalue weighted by Gasteiger charge is -2.20. The van der Waals surface area contributed by atoms with Crippen molar-refractivity contribution >= 4 is 17.5 Å². The zero-order valence-corrected chi connectivity index (χ0v) is 13.3. The molecule has 0 saturated heterocycles. The molecule has 2 amide bonds. The summed E-state index contributed by atoms with van der Waals surface area (Å²) in [6.07, 6.45) is 3.55. The Kier molecular flexibility index (Phi) is 3.90. The molecule has 1 aliphatic heterocycles. The van der Waals surface area contributed by atoms with Gasteiger partial charge in [-0.3, -0.25) is 14.3 Å². The zero-order valence-electron chi connectivity index (χ0n) is 13.3. The number of carbonyl (C=O) groups is 2. The highest BCUT2D eigenvalue weighted by Gasteiger charge is 2.23. The average molecular weight is 312 g/mol. The fourth-order valence-electron chi connectivity index (χ4n) is 2.88. The molecule has 0 unspecified atom stereocenters. The molecule has 1 aromatic heterocycles. The van der Waals surface area contributed by atoms with E-state index in [0.29, 0.717) is 22.7 Å². The maximum atomic E-state index is 12.6. The van der Waals surface area contributed by atoms with Gasteiger partial charge in [0.1, 0.15) is 0 Å². The molecule has 1 aliphatic rings. The van der Waals surface area contributed by atoms with E-state index in [4.69, 9.17) is 5.73 Å². The summed E-state index contributed by atoms with van der Waals surface area (Å²) in [4.78, 5) is 23.9. The summed E-state index contributed by atoms with van der Waals surface area (Å²) in [7, 11) is 0. The van der Waals surface area contributed by atoms with E-state index in [1.165, 1.54) is 0 Å². The molecule has 2 heterocycles. The van der Waals surface area contributed by atoms with Gasteiger partial charge in [-0.25, -0.2) is 0 Å². The Morgan fingerprint density at radius 3 is 2.91 bits per heavy atom. The van der Waals surface area contributed by atoms with Crippen LogP contribution in [0.25, 0.3) is 0 Å². The van der Waals surface area contributed by atoms with Crippen molar-refractivity contribution < 1.29 is 9.59 Å². The van der Waals surface area contributed by atoms with Crippen LogP contribution in [0.2, 0.25) is 0 Å². The van der Waals surface area contributed by atoms with E-state index in [1.54, 1.807) is 24.4 Å². The first-order chi connectivity index (χ1) is 11.0. The molecule has 6 nitrogen and oxygen atoms in total. The molecular weight excluding hydrogens is 292 g/mol. The highest BCUT2D eigenvalue weighted by atomic mass is 16.2. The molecule has 2 aromatic rings. The van der Waals surface area contributed by atoms with Crippen molar-refractivity contribution in [1.29, 1.82) is 0 Å². The van der Waals surface area contributed by atoms with E-state index < -0.39 is 5.91 Å². The van der Waals surface area contributed by atoms with Gasteiger partial charge in [0.15, 0.2) is 0 Å². The smallest absolute Gasteiger partial charge is 0.259 e. The Bertz CT molecular complexity index is 779. The Hall–Kier alpha value is -2.63. The SMILES string of the molecule is Cc1ccc(C(N)=O)cc1NC(=O)c1cnn2c1C[C@@H](C)CC2. The molecule has 1 atom stereocenters. The summed E-state index contributed by atoms with van der Waals surface area (Å²) >= 11 is 0. The van der Waals surface area contributed by atoms with Crippen LogP contribution in [0.5, 0.6) is 0 Å². The third kappa shape index (κ3) is 2.97. The third-order valence-corrected chi connectivity index (χ3v) is 4.34. The summed E-state index contributed by atoms with van der Waals surface area (Å²) in [5.74, 6) is -0.173. The van der Waals surface area contributed by atoms with Crippen LogP contribution in [0, 0.1) is 12.8 Å². The molecule has 0 bridgehead atoms. The van der Waals surface area contributed by atoms with Gasteiger partial charge in [-0.1, -0.05) is 13.0 Å². The normalized spacial score (nSPS) is 16.7. The molecule has 3 rings (SSSR count). The van der Waals surface area contributed by atoms with Gasteiger partial charge in [-0.05, 0) is 43.4 Å². The number of anilines is 1. The standard InChI is InChI=1S/C17H20N4O2/c1-10-5-6-21-15(7-10)13(9-19-21)17(23)20-14-8-12(16(18)22)4-3-11(14)2/h3-4,8-10H,5-7H2,1-2H3,(H2,18,22)(H,20,23)/t10-/m0/s1. The number of nitrogens with zero attached hydrogens (tertiary/aromatic N) is 2. The van der Waals surface area contributed by atoms with Gasteiger partial charge in [0, 0.05) is 17.8 Å². The Balaban J connectivity index is 1.87. The van der Waals surface area contributed by atoms with Gasteiger partial charge in [0.05, 0.1) is 17.5 Å². The molecule has 0 radical (unpaired) electrons. The summed E-state index contributed by atoms with van der Waals surface area (Å²) in [5, 5.41) is 7.18. The molecule has 3 N–H and O–H groups in total. The summed E-state index contributed by atoms with van der Waals surface area (Å²) in [6.45, 7) is 4.90. The van der Waals surface area contributed by atoms with Crippen molar-refractivity contribution in [2.24, 2.45) is 11.7 Å². The van der Waals surface area contributed by atoms with Crippen LogP contribution in [0.4, 0.5) is 5.69 Å². The molecule has 0 aliphatic carbocycles. The quantitative estimate of drug-likeness (QED) is 0.909. The summed E-state index contributed by atoms with van der Waals surface area (Å²) < 4.78 is 1.90. The lowest BCUT2D eigenvalue weighted by Crippen LogP contribution is -2.21. The van der Waals surface area contributed by atoms with Crippen LogP contribution in [0.15, 0.2) is 24.4 Å². The van der Waals surface area contributed by atoms with Crippen LogP contribution in [-0.4, -0.2) is 21.6 Å². The maximum Gasteiger partial charge on any atom is 0.259 e. The lowest BCUT2D eigenvalue weighted by atomic mass is 9.96. The Labute approximate surface area is 134 Å². The number of hydrogen-bond acceptors (Lipinski definition) is 3. The van der Waals surface area contributed by atoms with E-state index in [1.807, 2.05) is 11.6 Å². The minimum atomic E-state index is -0.516. The van der Waals surface area contributed by atoms with Crippen LogP contribution in [-0.2, 0) is 13.0 Å². The molecule has 0 fully saturated rings. The van der Waals surface area contributed by atoms with Gasteiger partial charge < -0.3 is 11.1 Å². The first-order valence-corrected chi connectivity index (χ1v) is 7.72. The van der Waals surface area contributed by atoms with Crippen LogP contribution in [0.1, 0.15) is 45.3 Å². The zero-order chi connectivity index (χ0) is 16.6. The third-order valence-electron chi connectivity index (χ3n) is 4.34. The number of aromatic nitrogens is 2. The molecule has 1 aromatic carbocycles. The van der Waals surface area contributed by atoms with Crippen molar-refractivity contribution in [3.63, 3.8) is 0 Å². The number of nitrogens with two attached hydrogens (primary N) is 1. The fourth-order valence-corrected chi connectivity index (χ4v) is 2.88. The Morgan fingerprint density at radius 2 is 2.17 bits per heavy atom. The molecule has 120 valence electrons. The van der Waals surface area contributed by atoms with Gasteiger partial charge >= 0.3 is 0 Å². The first kappa shape index (κ1) is 15.3. The minimum Gasteiger partial charge on any atom is -0.366 e. The highest BCUT2D eigenvalue weighted by Crippen LogP contribution is 2.24.